The molecule has 1 unspecified atom stereocenters. The van der Waals surface area contributed by atoms with Crippen LogP contribution >= 0.6 is 11.6 Å². The summed E-state index contributed by atoms with van der Waals surface area (Å²) in [5.74, 6) is -1.37. The molecule has 1 atom stereocenters. The number of benzene rings is 2. The van der Waals surface area contributed by atoms with E-state index in [0.29, 0.717) is 86.7 Å². The number of carbonyl (C=O) groups excluding carboxylic acids is 4. The van der Waals surface area contributed by atoms with Gasteiger partial charge in [0.25, 0.3) is 11.8 Å². The summed E-state index contributed by atoms with van der Waals surface area (Å²) in [6, 6.07) is 16.1. The Kier molecular flexibility index (Phi) is 10.3. The van der Waals surface area contributed by atoms with Crippen LogP contribution in [0.4, 0.5) is 27.4 Å². The van der Waals surface area contributed by atoms with Crippen molar-refractivity contribution in [3.05, 3.63) is 99.3 Å². The molecule has 4 aromatic rings. The standard InChI is InChI=1S/C42H41ClFN11O4/c43-33-20-29(3-1-25(33)21-45)54-14-11-30-34(23-54)46-24-47-39(30)49-36-7-5-31(38(44)48-36)41(58)53-17-15-52(16-18-53)27-9-12-51(13-10-27)28-4-2-26-22-55(42(59)32(26)19-28)35-6-8-37(56)50-40(35)57/h1-5,7,19-20,24,27,35H,6,8-18,22-23H2,(H,50,56,57)(H,46,47,48,49). The van der Waals surface area contributed by atoms with E-state index in [0.717, 1.165) is 54.1 Å². The third-order valence-electron chi connectivity index (χ3n) is 12.2. The monoisotopic (exact) mass is 817 g/mol. The van der Waals surface area contributed by atoms with Crippen LogP contribution in [0.3, 0.4) is 0 Å². The Morgan fingerprint density at radius 1 is 0.881 bits per heavy atom. The van der Waals surface area contributed by atoms with Gasteiger partial charge in [-0.3, -0.25) is 29.4 Å². The van der Waals surface area contributed by atoms with E-state index in [1.807, 2.05) is 24.3 Å². The first-order valence-electron chi connectivity index (χ1n) is 19.9. The van der Waals surface area contributed by atoms with Gasteiger partial charge in [0.15, 0.2) is 0 Å². The summed E-state index contributed by atoms with van der Waals surface area (Å²) in [6.45, 7) is 5.48. The fourth-order valence-electron chi connectivity index (χ4n) is 8.95. The van der Waals surface area contributed by atoms with Crippen molar-refractivity contribution in [2.75, 3.05) is 60.9 Å². The lowest BCUT2D eigenvalue weighted by Gasteiger charge is -2.43. The Morgan fingerprint density at radius 3 is 2.41 bits per heavy atom. The van der Waals surface area contributed by atoms with Crippen LogP contribution in [0.15, 0.2) is 54.9 Å². The third kappa shape index (κ3) is 7.52. The number of pyridine rings is 1. The van der Waals surface area contributed by atoms with E-state index >= 15 is 4.39 Å². The normalized spacial score (nSPS) is 19.9. The van der Waals surface area contributed by atoms with Crippen molar-refractivity contribution in [2.24, 2.45) is 0 Å². The number of aromatic nitrogens is 3. The number of nitrogens with zero attached hydrogens (tertiary/aromatic N) is 9. The number of halogens is 2. The Morgan fingerprint density at radius 2 is 1.66 bits per heavy atom. The van der Waals surface area contributed by atoms with Gasteiger partial charge < -0.3 is 24.9 Å². The summed E-state index contributed by atoms with van der Waals surface area (Å²) in [6.07, 6.45) is 4.47. The molecule has 7 heterocycles. The van der Waals surface area contributed by atoms with Crippen molar-refractivity contribution in [2.45, 2.75) is 57.3 Å². The number of imide groups is 1. The summed E-state index contributed by atoms with van der Waals surface area (Å²) in [7, 11) is 0. The van der Waals surface area contributed by atoms with Gasteiger partial charge in [0.1, 0.15) is 30.1 Å². The van der Waals surface area contributed by atoms with Crippen LogP contribution < -0.4 is 20.4 Å². The van der Waals surface area contributed by atoms with Crippen LogP contribution in [-0.2, 0) is 29.1 Å². The minimum atomic E-state index is -0.849. The quantitative estimate of drug-likeness (QED) is 0.203. The van der Waals surface area contributed by atoms with Gasteiger partial charge in [-0.05, 0) is 73.7 Å². The minimum absolute atomic E-state index is 0.0770. The molecule has 5 aliphatic rings. The average molecular weight is 818 g/mol. The average Bonchev–Trinajstić information content (AvgIpc) is 3.58. The number of nitriles is 1. The van der Waals surface area contributed by atoms with Crippen molar-refractivity contribution in [1.82, 2.24) is 35.0 Å². The van der Waals surface area contributed by atoms with Crippen LogP contribution in [0, 0.1) is 17.3 Å². The molecule has 2 aromatic heterocycles. The lowest BCUT2D eigenvalue weighted by atomic mass is 10.0. The molecule has 0 radical (unpaired) electrons. The van der Waals surface area contributed by atoms with Gasteiger partial charge in [-0.2, -0.15) is 9.65 Å². The first-order valence-corrected chi connectivity index (χ1v) is 20.3. The van der Waals surface area contributed by atoms with E-state index < -0.39 is 17.9 Å². The zero-order chi connectivity index (χ0) is 40.8. The SMILES string of the molecule is N#Cc1ccc(N2CCc3c(ncnc3Nc3ccc(C(=O)N4CCN(C5CCN(c6ccc7c(c6)C(=O)N(C6CCC(=O)NC6=O)C7)CC5)CC4)c(F)n3)C2)cc1Cl. The van der Waals surface area contributed by atoms with Crippen LogP contribution in [-0.4, -0.2) is 111 Å². The molecule has 2 N–H and O–H groups in total. The molecule has 0 bridgehead atoms. The van der Waals surface area contributed by atoms with Gasteiger partial charge in [-0.1, -0.05) is 17.7 Å². The number of nitrogens with one attached hydrogen (secondary N) is 2. The van der Waals surface area contributed by atoms with Gasteiger partial charge in [0, 0.05) is 87.3 Å². The van der Waals surface area contributed by atoms with Crippen LogP contribution in [0.25, 0.3) is 0 Å². The van der Waals surface area contributed by atoms with Crippen LogP contribution in [0.5, 0.6) is 0 Å². The molecule has 4 amide bonds. The molecular weight excluding hydrogens is 777 g/mol. The second kappa shape index (κ2) is 15.9. The number of hydrogen-bond acceptors (Lipinski definition) is 12. The highest BCUT2D eigenvalue weighted by Gasteiger charge is 2.39. The van der Waals surface area contributed by atoms with E-state index in [9.17, 15) is 24.4 Å². The molecule has 0 saturated carbocycles. The van der Waals surface area contributed by atoms with Gasteiger partial charge in [-0.15, -0.1) is 0 Å². The molecule has 3 fully saturated rings. The largest absolute Gasteiger partial charge is 0.371 e. The zero-order valence-electron chi connectivity index (χ0n) is 32.2. The molecule has 17 heteroatoms. The maximum atomic E-state index is 15.5. The molecular formula is C42H41ClFN11O4. The predicted molar refractivity (Wildman–Crippen MR) is 216 cm³/mol. The topological polar surface area (TPSA) is 171 Å². The number of piperazine rings is 1. The van der Waals surface area contributed by atoms with Crippen molar-refractivity contribution in [1.29, 1.82) is 5.26 Å². The number of carbonyl (C=O) groups is 4. The Bertz CT molecular complexity index is 2410. The third-order valence-corrected chi connectivity index (χ3v) is 12.5. The highest BCUT2D eigenvalue weighted by molar-refractivity contribution is 6.32. The van der Waals surface area contributed by atoms with Gasteiger partial charge in [-0.25, -0.2) is 15.0 Å². The van der Waals surface area contributed by atoms with Gasteiger partial charge >= 0.3 is 0 Å². The van der Waals surface area contributed by atoms with Crippen molar-refractivity contribution in [3.63, 3.8) is 0 Å². The second-order valence-electron chi connectivity index (χ2n) is 15.5. The Labute approximate surface area is 344 Å². The first-order chi connectivity index (χ1) is 28.6. The first kappa shape index (κ1) is 38.3. The zero-order valence-corrected chi connectivity index (χ0v) is 32.9. The fourth-order valence-corrected chi connectivity index (χ4v) is 9.16. The van der Waals surface area contributed by atoms with Crippen LogP contribution in [0.2, 0.25) is 5.02 Å². The number of amides is 4. The Hall–Kier alpha value is -6.18. The van der Waals surface area contributed by atoms with Crippen molar-refractivity contribution in [3.8, 4) is 6.07 Å². The van der Waals surface area contributed by atoms with E-state index in [1.54, 1.807) is 28.0 Å². The number of piperidine rings is 2. The van der Waals surface area contributed by atoms with E-state index in [4.69, 9.17) is 11.6 Å². The lowest BCUT2D eigenvalue weighted by molar-refractivity contribution is -0.136. The molecule has 5 aliphatic heterocycles. The lowest BCUT2D eigenvalue weighted by Crippen LogP contribution is -2.54. The molecule has 59 heavy (non-hydrogen) atoms. The second-order valence-corrected chi connectivity index (χ2v) is 15.9. The van der Waals surface area contributed by atoms with Crippen LogP contribution in [0.1, 0.15) is 68.8 Å². The van der Waals surface area contributed by atoms with Crippen molar-refractivity contribution >= 4 is 58.2 Å². The van der Waals surface area contributed by atoms with E-state index in [-0.39, 0.29) is 35.5 Å². The fraction of sp³-hybridized carbons (Fsp3) is 0.381. The number of hydrogen-bond donors (Lipinski definition) is 2. The molecule has 9 rings (SSSR count). The summed E-state index contributed by atoms with van der Waals surface area (Å²) in [5, 5.41) is 15.1. The molecule has 0 aliphatic carbocycles. The smallest absolute Gasteiger partial charge is 0.258 e. The summed E-state index contributed by atoms with van der Waals surface area (Å²) >= 11 is 6.27. The number of rotatable bonds is 7. The van der Waals surface area contributed by atoms with Gasteiger partial charge in [0.05, 0.1) is 28.4 Å². The van der Waals surface area contributed by atoms with Gasteiger partial charge in [0.2, 0.25) is 17.8 Å². The molecule has 302 valence electrons. The van der Waals surface area contributed by atoms with E-state index in [1.165, 1.54) is 12.4 Å². The highest BCUT2D eigenvalue weighted by atomic mass is 35.5. The van der Waals surface area contributed by atoms with E-state index in [2.05, 4.69) is 46.4 Å². The Balaban J connectivity index is 0.764. The molecule has 2 aromatic carbocycles. The molecule has 15 nitrogen and oxygen atoms in total. The summed E-state index contributed by atoms with van der Waals surface area (Å²) in [5.41, 5.74) is 5.40. The predicted octanol–water partition coefficient (Wildman–Crippen LogP) is 4.03. The number of fused-ring (bicyclic) bond motifs is 2. The minimum Gasteiger partial charge on any atom is -0.371 e. The highest BCUT2D eigenvalue weighted by Crippen LogP contribution is 2.33. The molecule has 3 saturated heterocycles. The maximum Gasteiger partial charge on any atom is 0.258 e. The molecule has 0 spiro atoms. The maximum absolute atomic E-state index is 15.5. The van der Waals surface area contributed by atoms with Crippen molar-refractivity contribution < 1.29 is 23.6 Å². The summed E-state index contributed by atoms with van der Waals surface area (Å²) in [4.78, 5) is 74.0. The number of anilines is 4. The summed E-state index contributed by atoms with van der Waals surface area (Å²) < 4.78 is 15.5.